The van der Waals surface area contributed by atoms with Gasteiger partial charge in [-0.15, -0.1) is 11.3 Å². The van der Waals surface area contributed by atoms with E-state index in [1.54, 1.807) is 11.9 Å². The molecule has 0 aliphatic carbocycles. The smallest absolute Gasteiger partial charge is 0.267 e. The lowest BCUT2D eigenvalue weighted by Crippen LogP contribution is -2.37. The van der Waals surface area contributed by atoms with Crippen molar-refractivity contribution in [2.45, 2.75) is 19.4 Å². The lowest BCUT2D eigenvalue weighted by Gasteiger charge is -2.23. The van der Waals surface area contributed by atoms with Crippen molar-refractivity contribution in [1.29, 1.82) is 0 Å². The minimum absolute atomic E-state index is 0.0378. The minimum Gasteiger partial charge on any atom is -0.492 e. The van der Waals surface area contributed by atoms with Crippen LogP contribution in [0.4, 0.5) is 0 Å². The number of thiophene rings is 1. The first-order chi connectivity index (χ1) is 11.9. The van der Waals surface area contributed by atoms with Crippen LogP contribution in [0.1, 0.15) is 23.0 Å². The second-order valence-electron chi connectivity index (χ2n) is 6.08. The molecule has 5 nitrogen and oxygen atoms in total. The van der Waals surface area contributed by atoms with Crippen LogP contribution in [0.3, 0.4) is 0 Å². The first-order valence-corrected chi connectivity index (χ1v) is 10.8. The van der Waals surface area contributed by atoms with Gasteiger partial charge in [-0.2, -0.15) is 0 Å². The zero-order valence-corrected chi connectivity index (χ0v) is 15.9. The number of hydrogen-bond donors (Lipinski definition) is 0. The van der Waals surface area contributed by atoms with Gasteiger partial charge in [0.1, 0.15) is 10.6 Å². The highest BCUT2D eigenvalue weighted by molar-refractivity contribution is 7.91. The number of nitrogens with zero attached hydrogens (tertiary/aromatic N) is 1. The summed E-state index contributed by atoms with van der Waals surface area (Å²) in [6.45, 7) is 2.34. The first kappa shape index (κ1) is 17.9. The third-order valence-corrected chi connectivity index (χ3v) is 7.23. The highest BCUT2D eigenvalue weighted by atomic mass is 32.2. The summed E-state index contributed by atoms with van der Waals surface area (Å²) in [6.07, 6.45) is 0.492. The molecule has 0 saturated carbocycles. The molecule has 0 radical (unpaired) electrons. The van der Waals surface area contributed by atoms with Crippen molar-refractivity contribution in [1.82, 2.24) is 4.90 Å². The van der Waals surface area contributed by atoms with Crippen LogP contribution >= 0.6 is 11.3 Å². The number of rotatable bonds is 5. The zero-order chi connectivity index (χ0) is 18.0. The Bertz CT molecular complexity index is 858. The Balaban J connectivity index is 1.90. The molecule has 3 rings (SSSR count). The van der Waals surface area contributed by atoms with Gasteiger partial charge in [0.15, 0.2) is 9.84 Å². The Morgan fingerprint density at radius 3 is 2.64 bits per heavy atom. The third kappa shape index (κ3) is 3.88. The van der Waals surface area contributed by atoms with Gasteiger partial charge in [-0.3, -0.25) is 4.79 Å². The number of ether oxygens (including phenoxy) is 1. The summed E-state index contributed by atoms with van der Waals surface area (Å²) in [5.74, 6) is 0.561. The fraction of sp³-hybridized carbons (Fsp3) is 0.389. The number of carbonyl (C=O) groups is 1. The maximum Gasteiger partial charge on any atom is 0.267 e. The molecule has 1 unspecified atom stereocenters. The zero-order valence-electron chi connectivity index (χ0n) is 14.3. The van der Waals surface area contributed by atoms with Gasteiger partial charge < -0.3 is 9.64 Å². The molecular weight excluding hydrogens is 358 g/mol. The van der Waals surface area contributed by atoms with Crippen LogP contribution in [0.5, 0.6) is 5.75 Å². The van der Waals surface area contributed by atoms with E-state index in [9.17, 15) is 13.2 Å². The fourth-order valence-electron chi connectivity index (χ4n) is 2.94. The number of hydrogen-bond acceptors (Lipinski definition) is 5. The maximum atomic E-state index is 12.9. The van der Waals surface area contributed by atoms with Crippen LogP contribution < -0.4 is 4.74 Å². The van der Waals surface area contributed by atoms with E-state index >= 15 is 0 Å². The second-order valence-corrected chi connectivity index (χ2v) is 9.36. The molecule has 1 amide bonds. The van der Waals surface area contributed by atoms with Gasteiger partial charge in [-0.1, -0.05) is 30.3 Å². The highest BCUT2D eigenvalue weighted by Gasteiger charge is 2.34. The van der Waals surface area contributed by atoms with Crippen LogP contribution in [0.25, 0.3) is 10.4 Å². The number of amides is 1. The monoisotopic (exact) mass is 379 g/mol. The van der Waals surface area contributed by atoms with Crippen LogP contribution in [0, 0.1) is 0 Å². The second kappa shape index (κ2) is 7.17. The molecule has 0 bridgehead atoms. The van der Waals surface area contributed by atoms with Gasteiger partial charge in [-0.25, -0.2) is 8.42 Å². The molecular formula is C18H21NO4S2. The van der Waals surface area contributed by atoms with Gasteiger partial charge >= 0.3 is 0 Å². The number of carbonyl (C=O) groups excluding carboxylic acids is 1. The predicted octanol–water partition coefficient (Wildman–Crippen LogP) is 3.07. The normalized spacial score (nSPS) is 18.9. The largest absolute Gasteiger partial charge is 0.492 e. The Morgan fingerprint density at radius 2 is 2.04 bits per heavy atom. The van der Waals surface area contributed by atoms with Gasteiger partial charge in [0.25, 0.3) is 5.91 Å². The van der Waals surface area contributed by atoms with Crippen molar-refractivity contribution in [3.05, 3.63) is 41.3 Å². The van der Waals surface area contributed by atoms with E-state index in [-0.39, 0.29) is 23.5 Å². The Kier molecular flexibility index (Phi) is 5.15. The summed E-state index contributed by atoms with van der Waals surface area (Å²) in [5, 5.41) is 0. The van der Waals surface area contributed by atoms with Crippen LogP contribution in [-0.2, 0) is 9.84 Å². The summed E-state index contributed by atoms with van der Waals surface area (Å²) < 4.78 is 29.1. The summed E-state index contributed by atoms with van der Waals surface area (Å²) in [6, 6.07) is 11.4. The molecule has 1 aromatic heterocycles. The van der Waals surface area contributed by atoms with Crippen LogP contribution in [0.2, 0.25) is 0 Å². The molecule has 1 aromatic carbocycles. The summed E-state index contributed by atoms with van der Waals surface area (Å²) >= 11 is 1.38. The van der Waals surface area contributed by atoms with Crippen LogP contribution in [-0.4, -0.2) is 50.4 Å². The van der Waals surface area contributed by atoms with E-state index in [1.165, 1.54) is 11.3 Å². The van der Waals surface area contributed by atoms with Crippen LogP contribution in [0.15, 0.2) is 36.4 Å². The van der Waals surface area contributed by atoms with Crippen molar-refractivity contribution in [2.75, 3.05) is 25.2 Å². The molecule has 0 N–H and O–H groups in total. The topological polar surface area (TPSA) is 63.7 Å². The Hall–Kier alpha value is -1.86. The van der Waals surface area contributed by atoms with Crippen molar-refractivity contribution in [2.24, 2.45) is 0 Å². The van der Waals surface area contributed by atoms with E-state index in [1.807, 2.05) is 43.3 Å². The summed E-state index contributed by atoms with van der Waals surface area (Å²) in [7, 11) is -1.36. The molecule has 0 spiro atoms. The summed E-state index contributed by atoms with van der Waals surface area (Å²) in [4.78, 5) is 16.0. The molecule has 1 atom stereocenters. The number of benzene rings is 1. The standard InChI is InChI=1S/C18H21NO4S2/c1-3-23-15-11-16(13-7-5-4-6-8-13)24-17(15)18(20)19(2)14-9-10-25(21,22)12-14/h4-8,11,14H,3,9-10,12H2,1-2H3. The van der Waals surface area contributed by atoms with Crippen molar-refractivity contribution < 1.29 is 17.9 Å². The quantitative estimate of drug-likeness (QED) is 0.801. The van der Waals surface area contributed by atoms with Gasteiger partial charge in [0.05, 0.1) is 18.1 Å². The lowest BCUT2D eigenvalue weighted by molar-refractivity contribution is 0.0749. The fourth-order valence-corrected chi connectivity index (χ4v) is 5.80. The third-order valence-electron chi connectivity index (χ3n) is 4.33. The van der Waals surface area contributed by atoms with Crippen molar-refractivity contribution >= 4 is 27.1 Å². The molecule has 25 heavy (non-hydrogen) atoms. The lowest BCUT2D eigenvalue weighted by atomic mass is 10.2. The first-order valence-electron chi connectivity index (χ1n) is 8.21. The molecule has 1 fully saturated rings. The molecule has 134 valence electrons. The van der Waals surface area contributed by atoms with E-state index in [0.717, 1.165) is 10.4 Å². The van der Waals surface area contributed by atoms with E-state index in [0.29, 0.717) is 23.7 Å². The van der Waals surface area contributed by atoms with Gasteiger partial charge in [-0.05, 0) is 25.0 Å². The highest BCUT2D eigenvalue weighted by Crippen LogP contribution is 2.37. The Labute approximate surface area is 152 Å². The average molecular weight is 380 g/mol. The van der Waals surface area contributed by atoms with E-state index in [4.69, 9.17) is 4.74 Å². The molecule has 1 aliphatic rings. The molecule has 2 heterocycles. The predicted molar refractivity (Wildman–Crippen MR) is 100 cm³/mol. The van der Waals surface area contributed by atoms with E-state index < -0.39 is 9.84 Å². The molecule has 7 heteroatoms. The number of sulfone groups is 1. The Morgan fingerprint density at radius 1 is 1.32 bits per heavy atom. The minimum atomic E-state index is -3.04. The van der Waals surface area contributed by atoms with Gasteiger partial charge in [0, 0.05) is 18.0 Å². The molecule has 1 aliphatic heterocycles. The van der Waals surface area contributed by atoms with Gasteiger partial charge in [0.2, 0.25) is 0 Å². The molecule has 2 aromatic rings. The van der Waals surface area contributed by atoms with E-state index in [2.05, 4.69) is 0 Å². The van der Waals surface area contributed by atoms with Crippen molar-refractivity contribution in [3.63, 3.8) is 0 Å². The van der Waals surface area contributed by atoms with Crippen molar-refractivity contribution in [3.8, 4) is 16.2 Å². The maximum absolute atomic E-state index is 12.9. The molecule has 1 saturated heterocycles. The average Bonchev–Trinajstić information content (AvgIpc) is 3.18. The summed E-state index contributed by atoms with van der Waals surface area (Å²) in [5.41, 5.74) is 1.03. The SMILES string of the molecule is CCOc1cc(-c2ccccc2)sc1C(=O)N(C)C1CCS(=O)(=O)C1.